The number of carboxylic acid groups (broad SMARTS) is 1. The zero-order chi connectivity index (χ0) is 17.7. The first-order valence-corrected chi connectivity index (χ1v) is 8.37. The number of aliphatic hydroxyl groups is 1. The predicted molar refractivity (Wildman–Crippen MR) is 90.2 cm³/mol. The predicted octanol–water partition coefficient (Wildman–Crippen LogP) is 1.15. The summed E-state index contributed by atoms with van der Waals surface area (Å²) in [6, 6.07) is 8.15. The van der Waals surface area contributed by atoms with Gasteiger partial charge < -0.3 is 20.8 Å². The Morgan fingerprint density at radius 3 is 2.46 bits per heavy atom. The van der Waals surface area contributed by atoms with E-state index in [1.165, 1.54) is 11.1 Å². The van der Waals surface area contributed by atoms with Crippen molar-refractivity contribution in [2.24, 2.45) is 11.7 Å². The number of nitrogens with two attached hydrogens (primary N) is 1. The maximum Gasteiger partial charge on any atom is 0.300 e. The van der Waals surface area contributed by atoms with Gasteiger partial charge in [-0.15, -0.1) is 0 Å². The summed E-state index contributed by atoms with van der Waals surface area (Å²) in [7, 11) is 0. The molecule has 6 heteroatoms. The number of hydrogen-bond donors (Lipinski definition) is 3. The van der Waals surface area contributed by atoms with Crippen molar-refractivity contribution in [3.05, 3.63) is 35.4 Å². The summed E-state index contributed by atoms with van der Waals surface area (Å²) in [5.74, 6) is -0.708. The van der Waals surface area contributed by atoms with Crippen LogP contribution in [0.5, 0.6) is 0 Å². The maximum atomic E-state index is 12.6. The van der Waals surface area contributed by atoms with Crippen molar-refractivity contribution >= 4 is 11.9 Å². The van der Waals surface area contributed by atoms with Crippen molar-refractivity contribution in [2.45, 2.75) is 51.3 Å². The monoisotopic (exact) mass is 334 g/mol. The van der Waals surface area contributed by atoms with Gasteiger partial charge in [0.25, 0.3) is 5.97 Å². The number of carbonyl (C=O) groups is 2. The number of nitrogens with zero attached hydrogens (tertiary/aromatic N) is 1. The molecule has 1 aliphatic heterocycles. The fourth-order valence-corrected chi connectivity index (χ4v) is 3.34. The third-order valence-electron chi connectivity index (χ3n) is 4.66. The van der Waals surface area contributed by atoms with Gasteiger partial charge in [-0.2, -0.15) is 0 Å². The van der Waals surface area contributed by atoms with Crippen LogP contribution in [0, 0.1) is 5.92 Å². The number of rotatable bonds is 1. The van der Waals surface area contributed by atoms with E-state index in [0.717, 1.165) is 32.7 Å². The van der Waals surface area contributed by atoms with Gasteiger partial charge in [0.1, 0.15) is 0 Å². The maximum absolute atomic E-state index is 12.6. The number of amides is 1. The van der Waals surface area contributed by atoms with Crippen LogP contribution in [0.15, 0.2) is 24.3 Å². The fraction of sp³-hybridized carbons (Fsp3) is 0.556. The van der Waals surface area contributed by atoms with Crippen LogP contribution in [0.2, 0.25) is 0 Å². The number of carboxylic acids is 1. The highest BCUT2D eigenvalue weighted by Crippen LogP contribution is 2.28. The normalized spacial score (nSPS) is 26.0. The summed E-state index contributed by atoms with van der Waals surface area (Å²) in [4.78, 5) is 23.5. The van der Waals surface area contributed by atoms with Gasteiger partial charge in [0.15, 0.2) is 0 Å². The van der Waals surface area contributed by atoms with Crippen LogP contribution in [0.25, 0.3) is 0 Å². The molecule has 132 valence electrons. The molecule has 0 spiro atoms. The molecule has 1 heterocycles. The van der Waals surface area contributed by atoms with Gasteiger partial charge in [-0.25, -0.2) is 0 Å². The zero-order valence-corrected chi connectivity index (χ0v) is 14.0. The van der Waals surface area contributed by atoms with Gasteiger partial charge in [-0.3, -0.25) is 9.59 Å². The summed E-state index contributed by atoms with van der Waals surface area (Å²) in [5, 5.41) is 17.3. The van der Waals surface area contributed by atoms with E-state index < -0.39 is 12.1 Å². The van der Waals surface area contributed by atoms with E-state index in [4.69, 9.17) is 15.6 Å². The molecule has 1 amide bonds. The number of benzene rings is 1. The summed E-state index contributed by atoms with van der Waals surface area (Å²) in [6.45, 7) is 2.57. The quantitative estimate of drug-likeness (QED) is 0.715. The second-order valence-corrected chi connectivity index (χ2v) is 6.54. The SMILES string of the molecule is CC(=O)O.N[C@@H]1CC[C@H](C(=O)N2CCc3ccccc3C2)C[C@H]1O. The van der Waals surface area contributed by atoms with Crippen LogP contribution in [0.1, 0.15) is 37.3 Å². The lowest BCUT2D eigenvalue weighted by atomic mass is 9.83. The number of hydrogen-bond acceptors (Lipinski definition) is 4. The van der Waals surface area contributed by atoms with E-state index in [1.807, 2.05) is 11.0 Å². The first-order valence-electron chi connectivity index (χ1n) is 8.37. The molecule has 1 fully saturated rings. The van der Waals surface area contributed by atoms with Gasteiger partial charge in [0.05, 0.1) is 6.10 Å². The molecular weight excluding hydrogens is 308 g/mol. The Morgan fingerprint density at radius 1 is 1.21 bits per heavy atom. The Morgan fingerprint density at radius 2 is 1.83 bits per heavy atom. The molecule has 6 nitrogen and oxygen atoms in total. The topological polar surface area (TPSA) is 104 Å². The van der Waals surface area contributed by atoms with Crippen LogP contribution < -0.4 is 5.73 Å². The summed E-state index contributed by atoms with van der Waals surface area (Å²) < 4.78 is 0. The van der Waals surface area contributed by atoms with Crippen molar-refractivity contribution in [3.8, 4) is 0 Å². The smallest absolute Gasteiger partial charge is 0.300 e. The summed E-state index contributed by atoms with van der Waals surface area (Å²) in [5.41, 5.74) is 8.41. The van der Waals surface area contributed by atoms with Crippen LogP contribution in [0.3, 0.4) is 0 Å². The average Bonchev–Trinajstić information content (AvgIpc) is 2.56. The number of aliphatic carboxylic acids is 1. The van der Waals surface area contributed by atoms with Crippen LogP contribution in [-0.4, -0.2) is 45.7 Å². The molecule has 0 aromatic heterocycles. The molecule has 1 aromatic rings. The fourth-order valence-electron chi connectivity index (χ4n) is 3.34. The molecule has 2 aliphatic rings. The van der Waals surface area contributed by atoms with E-state index in [9.17, 15) is 9.90 Å². The van der Waals surface area contributed by atoms with Gasteiger partial charge in [-0.1, -0.05) is 24.3 Å². The van der Waals surface area contributed by atoms with Crippen molar-refractivity contribution < 1.29 is 19.8 Å². The second kappa shape index (κ2) is 8.26. The summed E-state index contributed by atoms with van der Waals surface area (Å²) >= 11 is 0. The second-order valence-electron chi connectivity index (χ2n) is 6.54. The molecule has 4 N–H and O–H groups in total. The number of aliphatic hydroxyl groups excluding tert-OH is 1. The van der Waals surface area contributed by atoms with Gasteiger partial charge in [-0.05, 0) is 36.8 Å². The van der Waals surface area contributed by atoms with Crippen LogP contribution >= 0.6 is 0 Å². The highest BCUT2D eigenvalue weighted by atomic mass is 16.4. The standard InChI is InChI=1S/C16H22N2O2.C2H4O2/c17-14-6-5-12(9-15(14)19)16(20)18-8-7-11-3-1-2-4-13(11)10-18;1-2(3)4/h1-4,12,14-15,19H,5-10,17H2;1H3,(H,3,4)/t12-,14+,15+;/m0./s1. The largest absolute Gasteiger partial charge is 0.481 e. The van der Waals surface area contributed by atoms with E-state index in [0.29, 0.717) is 13.0 Å². The first-order chi connectivity index (χ1) is 11.4. The molecule has 1 aliphatic carbocycles. The highest BCUT2D eigenvalue weighted by Gasteiger charge is 2.34. The van der Waals surface area contributed by atoms with Crippen molar-refractivity contribution in [1.29, 1.82) is 0 Å². The first kappa shape index (κ1) is 18.4. The molecule has 0 unspecified atom stereocenters. The third kappa shape index (κ3) is 4.79. The van der Waals surface area contributed by atoms with Gasteiger partial charge in [0.2, 0.25) is 5.91 Å². The molecule has 0 radical (unpaired) electrons. The molecule has 0 bridgehead atoms. The zero-order valence-electron chi connectivity index (χ0n) is 14.0. The van der Waals surface area contributed by atoms with Crippen molar-refractivity contribution in [2.75, 3.05) is 6.54 Å². The Bertz CT molecular complexity index is 586. The Hall–Kier alpha value is -1.92. The lowest BCUT2D eigenvalue weighted by Crippen LogP contribution is -2.46. The van der Waals surface area contributed by atoms with E-state index in [2.05, 4.69) is 18.2 Å². The molecule has 1 saturated carbocycles. The highest BCUT2D eigenvalue weighted by molar-refractivity contribution is 5.79. The minimum absolute atomic E-state index is 0.0601. The minimum atomic E-state index is -0.833. The molecule has 0 saturated heterocycles. The lowest BCUT2D eigenvalue weighted by Gasteiger charge is -2.35. The Kier molecular flexibility index (Phi) is 6.34. The third-order valence-corrected chi connectivity index (χ3v) is 4.66. The van der Waals surface area contributed by atoms with Crippen molar-refractivity contribution in [1.82, 2.24) is 4.90 Å². The number of fused-ring (bicyclic) bond motifs is 1. The molecule has 24 heavy (non-hydrogen) atoms. The Labute approximate surface area is 142 Å². The number of carbonyl (C=O) groups excluding carboxylic acids is 1. The van der Waals surface area contributed by atoms with Crippen molar-refractivity contribution in [3.63, 3.8) is 0 Å². The minimum Gasteiger partial charge on any atom is -0.481 e. The van der Waals surface area contributed by atoms with Gasteiger partial charge in [0, 0.05) is 32.0 Å². The van der Waals surface area contributed by atoms with E-state index >= 15 is 0 Å². The molecular formula is C18H26N2O4. The summed E-state index contributed by atoms with van der Waals surface area (Å²) in [6.07, 6.45) is 2.45. The van der Waals surface area contributed by atoms with E-state index in [1.54, 1.807) is 0 Å². The Balaban J connectivity index is 0.000000471. The van der Waals surface area contributed by atoms with Gasteiger partial charge >= 0.3 is 0 Å². The average molecular weight is 334 g/mol. The van der Waals surface area contributed by atoms with E-state index in [-0.39, 0.29) is 17.9 Å². The molecule has 3 rings (SSSR count). The molecule has 1 aromatic carbocycles. The molecule has 3 atom stereocenters. The van der Waals surface area contributed by atoms with Crippen LogP contribution in [-0.2, 0) is 22.6 Å². The van der Waals surface area contributed by atoms with Crippen LogP contribution in [0.4, 0.5) is 0 Å². The lowest BCUT2D eigenvalue weighted by molar-refractivity contribution is -0.139.